The molecule has 3 aromatic rings. The molecule has 0 saturated carbocycles. The molecule has 3 heteroatoms. The summed E-state index contributed by atoms with van der Waals surface area (Å²) in [6, 6.07) is 20.9. The van der Waals surface area contributed by atoms with Gasteiger partial charge in [0.25, 0.3) is 0 Å². The molecule has 0 saturated heterocycles. The SMILES string of the molecule is Cc1cccc(C(Oc2ccc3ccccc3c2)C(=O)O)c1. The van der Waals surface area contributed by atoms with Gasteiger partial charge in [0.15, 0.2) is 0 Å². The summed E-state index contributed by atoms with van der Waals surface area (Å²) in [7, 11) is 0. The van der Waals surface area contributed by atoms with Crippen LogP contribution in [-0.4, -0.2) is 11.1 Å². The van der Waals surface area contributed by atoms with E-state index in [1.54, 1.807) is 12.1 Å². The van der Waals surface area contributed by atoms with Crippen molar-refractivity contribution in [2.75, 3.05) is 0 Å². The van der Waals surface area contributed by atoms with Gasteiger partial charge in [-0.25, -0.2) is 4.79 Å². The van der Waals surface area contributed by atoms with Crippen LogP contribution < -0.4 is 4.74 Å². The van der Waals surface area contributed by atoms with Gasteiger partial charge in [-0.05, 0) is 29.8 Å². The maximum absolute atomic E-state index is 11.6. The average molecular weight is 292 g/mol. The van der Waals surface area contributed by atoms with Crippen molar-refractivity contribution in [1.82, 2.24) is 0 Å². The van der Waals surface area contributed by atoms with E-state index in [-0.39, 0.29) is 0 Å². The third-order valence-electron chi connectivity index (χ3n) is 3.54. The van der Waals surface area contributed by atoms with Crippen LogP contribution in [0, 0.1) is 6.92 Å². The first-order chi connectivity index (χ1) is 10.6. The number of carboxylic acid groups (broad SMARTS) is 1. The van der Waals surface area contributed by atoms with Crippen LogP contribution in [0.2, 0.25) is 0 Å². The van der Waals surface area contributed by atoms with E-state index in [0.717, 1.165) is 16.3 Å². The maximum Gasteiger partial charge on any atom is 0.349 e. The Balaban J connectivity index is 1.94. The third kappa shape index (κ3) is 2.93. The zero-order chi connectivity index (χ0) is 15.5. The number of rotatable bonds is 4. The van der Waals surface area contributed by atoms with Gasteiger partial charge in [-0.3, -0.25) is 0 Å². The Morgan fingerprint density at radius 3 is 2.45 bits per heavy atom. The first-order valence-electron chi connectivity index (χ1n) is 7.08. The lowest BCUT2D eigenvalue weighted by atomic mass is 10.1. The molecule has 1 unspecified atom stereocenters. The summed E-state index contributed by atoms with van der Waals surface area (Å²) < 4.78 is 5.73. The second-order valence-electron chi connectivity index (χ2n) is 5.26. The van der Waals surface area contributed by atoms with Gasteiger partial charge in [0.2, 0.25) is 6.10 Å². The highest BCUT2D eigenvalue weighted by Crippen LogP contribution is 2.26. The summed E-state index contributed by atoms with van der Waals surface area (Å²) in [5, 5.41) is 11.6. The van der Waals surface area contributed by atoms with Crippen LogP contribution in [0.4, 0.5) is 0 Å². The Labute approximate surface area is 128 Å². The molecule has 3 nitrogen and oxygen atoms in total. The molecule has 3 aromatic carbocycles. The van der Waals surface area contributed by atoms with Gasteiger partial charge in [-0.2, -0.15) is 0 Å². The van der Waals surface area contributed by atoms with Gasteiger partial charge in [0, 0.05) is 5.56 Å². The molecular weight excluding hydrogens is 276 g/mol. The largest absolute Gasteiger partial charge is 0.478 e. The molecule has 22 heavy (non-hydrogen) atoms. The Hall–Kier alpha value is -2.81. The number of benzene rings is 3. The zero-order valence-corrected chi connectivity index (χ0v) is 12.2. The van der Waals surface area contributed by atoms with E-state index >= 15 is 0 Å². The smallest absolute Gasteiger partial charge is 0.349 e. The lowest BCUT2D eigenvalue weighted by Crippen LogP contribution is -2.18. The van der Waals surface area contributed by atoms with E-state index in [0.29, 0.717) is 11.3 Å². The minimum absolute atomic E-state index is 0.549. The minimum Gasteiger partial charge on any atom is -0.478 e. The summed E-state index contributed by atoms with van der Waals surface area (Å²) in [4.78, 5) is 11.6. The van der Waals surface area contributed by atoms with Crippen molar-refractivity contribution in [2.45, 2.75) is 13.0 Å². The number of hydrogen-bond acceptors (Lipinski definition) is 2. The molecule has 1 atom stereocenters. The van der Waals surface area contributed by atoms with E-state index in [1.807, 2.05) is 61.5 Å². The van der Waals surface area contributed by atoms with Gasteiger partial charge in [-0.15, -0.1) is 0 Å². The van der Waals surface area contributed by atoms with Crippen molar-refractivity contribution in [3.8, 4) is 5.75 Å². The van der Waals surface area contributed by atoms with Crippen LogP contribution in [-0.2, 0) is 4.79 Å². The maximum atomic E-state index is 11.6. The molecule has 0 aromatic heterocycles. The molecule has 0 fully saturated rings. The summed E-state index contributed by atoms with van der Waals surface area (Å²) in [5.74, 6) is -0.452. The van der Waals surface area contributed by atoms with Crippen molar-refractivity contribution in [3.05, 3.63) is 77.9 Å². The molecule has 1 N–H and O–H groups in total. The average Bonchev–Trinajstić information content (AvgIpc) is 2.52. The monoisotopic (exact) mass is 292 g/mol. The van der Waals surface area contributed by atoms with Crippen molar-refractivity contribution < 1.29 is 14.6 Å². The molecule has 0 heterocycles. The van der Waals surface area contributed by atoms with Crippen LogP contribution in [0.3, 0.4) is 0 Å². The fourth-order valence-corrected chi connectivity index (χ4v) is 2.47. The standard InChI is InChI=1S/C19H16O3/c1-13-5-4-8-16(11-13)18(19(20)21)22-17-10-9-14-6-2-3-7-15(14)12-17/h2-12,18H,1H3,(H,20,21). The number of carbonyl (C=O) groups is 1. The van der Waals surface area contributed by atoms with E-state index < -0.39 is 12.1 Å². The van der Waals surface area contributed by atoms with Gasteiger partial charge in [0.05, 0.1) is 0 Å². The van der Waals surface area contributed by atoms with Crippen molar-refractivity contribution in [1.29, 1.82) is 0 Å². The second kappa shape index (κ2) is 5.90. The predicted octanol–water partition coefficient (Wildman–Crippen LogP) is 4.35. The van der Waals surface area contributed by atoms with Gasteiger partial charge < -0.3 is 9.84 Å². The van der Waals surface area contributed by atoms with Crippen molar-refractivity contribution in [2.24, 2.45) is 0 Å². The Morgan fingerprint density at radius 2 is 1.73 bits per heavy atom. The van der Waals surface area contributed by atoms with Gasteiger partial charge >= 0.3 is 5.97 Å². The molecule has 0 amide bonds. The van der Waals surface area contributed by atoms with Crippen LogP contribution in [0.5, 0.6) is 5.75 Å². The van der Waals surface area contributed by atoms with Crippen LogP contribution in [0.25, 0.3) is 10.8 Å². The van der Waals surface area contributed by atoms with E-state index in [4.69, 9.17) is 4.74 Å². The normalized spacial score (nSPS) is 12.0. The molecule has 0 aliphatic carbocycles. The molecule has 0 aliphatic rings. The number of aliphatic carboxylic acids is 1. The molecule has 110 valence electrons. The van der Waals surface area contributed by atoms with Crippen molar-refractivity contribution >= 4 is 16.7 Å². The highest BCUT2D eigenvalue weighted by Gasteiger charge is 2.22. The van der Waals surface area contributed by atoms with E-state index in [1.165, 1.54) is 0 Å². The number of carboxylic acids is 1. The van der Waals surface area contributed by atoms with Crippen LogP contribution in [0.1, 0.15) is 17.2 Å². The topological polar surface area (TPSA) is 46.5 Å². The van der Waals surface area contributed by atoms with Gasteiger partial charge in [-0.1, -0.05) is 60.2 Å². The van der Waals surface area contributed by atoms with Gasteiger partial charge in [0.1, 0.15) is 5.75 Å². The summed E-state index contributed by atoms with van der Waals surface area (Å²) >= 11 is 0. The van der Waals surface area contributed by atoms with E-state index in [2.05, 4.69) is 0 Å². The highest BCUT2D eigenvalue weighted by atomic mass is 16.5. The molecule has 0 spiro atoms. The highest BCUT2D eigenvalue weighted by molar-refractivity contribution is 5.84. The van der Waals surface area contributed by atoms with Crippen LogP contribution >= 0.6 is 0 Å². The summed E-state index contributed by atoms with van der Waals surface area (Å²) in [6.45, 7) is 1.93. The van der Waals surface area contributed by atoms with E-state index in [9.17, 15) is 9.90 Å². The molecule has 3 rings (SSSR count). The fourth-order valence-electron chi connectivity index (χ4n) is 2.47. The molecular formula is C19H16O3. The zero-order valence-electron chi connectivity index (χ0n) is 12.2. The quantitative estimate of drug-likeness (QED) is 0.777. The Morgan fingerprint density at radius 1 is 0.955 bits per heavy atom. The lowest BCUT2D eigenvalue weighted by molar-refractivity contribution is -0.145. The number of aryl methyl sites for hydroxylation is 1. The molecule has 0 bridgehead atoms. The summed E-state index contributed by atoms with van der Waals surface area (Å²) in [6.07, 6.45) is -1.01. The first-order valence-corrected chi connectivity index (χ1v) is 7.08. The van der Waals surface area contributed by atoms with Crippen LogP contribution in [0.15, 0.2) is 66.7 Å². The molecule has 0 aliphatic heterocycles. The second-order valence-corrected chi connectivity index (χ2v) is 5.26. The van der Waals surface area contributed by atoms with Crippen molar-refractivity contribution in [3.63, 3.8) is 0 Å². The predicted molar refractivity (Wildman–Crippen MR) is 86.1 cm³/mol. The minimum atomic E-state index is -1.01. The third-order valence-corrected chi connectivity index (χ3v) is 3.54. The fraction of sp³-hybridized carbons (Fsp3) is 0.105. The first kappa shape index (κ1) is 14.1. The lowest BCUT2D eigenvalue weighted by Gasteiger charge is -2.16. The number of ether oxygens (including phenoxy) is 1. The Bertz CT molecular complexity index is 824. The number of fused-ring (bicyclic) bond motifs is 1. The molecule has 0 radical (unpaired) electrons. The Kier molecular flexibility index (Phi) is 3.79. The summed E-state index contributed by atoms with van der Waals surface area (Å²) in [5.41, 5.74) is 1.64. The number of hydrogen-bond donors (Lipinski definition) is 1.